The Morgan fingerprint density at radius 3 is 2.84 bits per heavy atom. The number of likely N-dealkylation sites (tertiary alicyclic amines) is 1. The largest absolute Gasteiger partial charge is 0.489 e. The zero-order valence-electron chi connectivity index (χ0n) is 23.2. The van der Waals surface area contributed by atoms with Crippen LogP contribution in [0.3, 0.4) is 0 Å². The molecule has 2 aromatic carbocycles. The molecule has 2 N–H and O–H groups in total. The van der Waals surface area contributed by atoms with Crippen LogP contribution in [0.4, 0.5) is 19.0 Å². The number of alkyl halides is 3. The molecule has 4 heterocycles. The average Bonchev–Trinajstić information content (AvgIpc) is 3.48. The van der Waals surface area contributed by atoms with Crippen molar-refractivity contribution >= 4 is 17.5 Å². The van der Waals surface area contributed by atoms with Crippen molar-refractivity contribution in [1.82, 2.24) is 9.88 Å². The number of carbonyl (C=O) groups excluding carboxylic acids is 2. The molecule has 43 heavy (non-hydrogen) atoms. The number of pyridine rings is 1. The predicted octanol–water partition coefficient (Wildman–Crippen LogP) is 5.48. The maximum absolute atomic E-state index is 14.0. The van der Waals surface area contributed by atoms with Gasteiger partial charge in [0, 0.05) is 60.7 Å². The van der Waals surface area contributed by atoms with E-state index in [0.29, 0.717) is 55.4 Å². The number of aliphatic hydroxyl groups excluding tert-OH is 1. The van der Waals surface area contributed by atoms with Gasteiger partial charge in [-0.3, -0.25) is 14.5 Å². The molecule has 8 nitrogen and oxygen atoms in total. The van der Waals surface area contributed by atoms with Crippen molar-refractivity contribution in [2.75, 3.05) is 18.4 Å². The number of amides is 1. The summed E-state index contributed by atoms with van der Waals surface area (Å²) in [6.45, 7) is 1.02. The van der Waals surface area contributed by atoms with Gasteiger partial charge in [-0.1, -0.05) is 12.1 Å². The second-order valence-corrected chi connectivity index (χ2v) is 11.8. The second kappa shape index (κ2) is 10.6. The summed E-state index contributed by atoms with van der Waals surface area (Å²) in [4.78, 5) is 31.0. The number of hydrogen-bond acceptors (Lipinski definition) is 7. The van der Waals surface area contributed by atoms with Crippen LogP contribution in [0, 0.1) is 5.92 Å². The number of aromatic nitrogens is 1. The van der Waals surface area contributed by atoms with E-state index in [9.17, 15) is 27.9 Å². The Hall–Kier alpha value is -3.96. The van der Waals surface area contributed by atoms with Crippen molar-refractivity contribution in [3.63, 3.8) is 0 Å². The van der Waals surface area contributed by atoms with E-state index in [1.54, 1.807) is 18.3 Å². The lowest BCUT2D eigenvalue weighted by atomic mass is 9.96. The summed E-state index contributed by atoms with van der Waals surface area (Å²) in [6.07, 6.45) is -1.45. The molecule has 1 amide bonds. The van der Waals surface area contributed by atoms with E-state index >= 15 is 0 Å². The third-order valence-corrected chi connectivity index (χ3v) is 8.83. The summed E-state index contributed by atoms with van der Waals surface area (Å²) in [5.74, 6) is 1.76. The zero-order valence-corrected chi connectivity index (χ0v) is 23.2. The number of halogens is 3. The first-order chi connectivity index (χ1) is 20.6. The van der Waals surface area contributed by atoms with Crippen LogP contribution in [0.25, 0.3) is 0 Å². The number of nitrogens with one attached hydrogen (secondary N) is 1. The zero-order chi connectivity index (χ0) is 29.9. The number of ketones is 1. The monoisotopic (exact) mass is 593 g/mol. The first-order valence-corrected chi connectivity index (χ1v) is 14.5. The number of anilines is 1. The van der Waals surface area contributed by atoms with Crippen molar-refractivity contribution in [2.24, 2.45) is 5.92 Å². The summed E-state index contributed by atoms with van der Waals surface area (Å²) in [6, 6.07) is 11.1. The van der Waals surface area contributed by atoms with Crippen molar-refractivity contribution in [3.05, 3.63) is 76.5 Å². The van der Waals surface area contributed by atoms with Gasteiger partial charge in [0.25, 0.3) is 0 Å². The predicted molar refractivity (Wildman–Crippen MR) is 149 cm³/mol. The van der Waals surface area contributed by atoms with Gasteiger partial charge in [0.05, 0.1) is 11.7 Å². The standard InChI is InChI=1S/C32H30F3N3O5/c33-32(34,35)24-12-17(3-4-18(24)15-38-11-1-2-19(39)16-38)25(40)14-23-29-22-13-20(5-7-26(22)43-30(23)29)42-27-9-10-36-31-21(27)6-8-28(41)37-31/h3-5,7,9-10,12-13,19,23,29-30,39H,1-2,6,8,11,14-16H2,(H,36,37,41)/t19-,23-,29-,30+/m0/s1. The van der Waals surface area contributed by atoms with Crippen LogP contribution in [-0.2, 0) is 23.9 Å². The van der Waals surface area contributed by atoms with Gasteiger partial charge in [-0.25, -0.2) is 4.98 Å². The van der Waals surface area contributed by atoms with Crippen LogP contribution < -0.4 is 14.8 Å². The Morgan fingerprint density at radius 2 is 2.02 bits per heavy atom. The number of Topliss-reactive ketones (excluding diaryl/α,β-unsaturated/α-hetero) is 1. The highest BCUT2D eigenvalue weighted by atomic mass is 19.4. The normalized spacial score (nSPS) is 24.3. The maximum atomic E-state index is 14.0. The summed E-state index contributed by atoms with van der Waals surface area (Å²) < 4.78 is 54.3. The summed E-state index contributed by atoms with van der Waals surface area (Å²) in [5.41, 5.74) is 1.06. The lowest BCUT2D eigenvalue weighted by Crippen LogP contribution is -2.38. The molecule has 224 valence electrons. The molecule has 1 aromatic heterocycles. The molecule has 7 rings (SSSR count). The van der Waals surface area contributed by atoms with Crippen molar-refractivity contribution in [2.45, 2.75) is 63.0 Å². The van der Waals surface area contributed by atoms with Gasteiger partial charge in [-0.15, -0.1) is 0 Å². The minimum absolute atomic E-state index is 0.0339. The molecular formula is C32H30F3N3O5. The molecule has 3 aromatic rings. The number of fused-ring (bicyclic) bond motifs is 4. The number of carbonyl (C=O) groups is 2. The smallest absolute Gasteiger partial charge is 0.416 e. The van der Waals surface area contributed by atoms with E-state index in [0.717, 1.165) is 23.6 Å². The van der Waals surface area contributed by atoms with Crippen LogP contribution in [0.2, 0.25) is 0 Å². The van der Waals surface area contributed by atoms with Crippen LogP contribution in [-0.4, -0.2) is 52.0 Å². The maximum Gasteiger partial charge on any atom is 0.416 e. The number of nitrogens with zero attached hydrogens (tertiary/aromatic N) is 2. The van der Waals surface area contributed by atoms with E-state index in [-0.39, 0.29) is 53.7 Å². The SMILES string of the molecule is O=C1CCc2c(Oc3ccc4c(c3)[C@H]3[C@H](CC(=O)c5ccc(CN6CCC[C@H](O)C6)c(C(F)(F)F)c5)[C@H]3O4)ccnc2N1. The number of ether oxygens (including phenoxy) is 2. The van der Waals surface area contributed by atoms with Gasteiger partial charge in [0.1, 0.15) is 29.2 Å². The quantitative estimate of drug-likeness (QED) is 0.350. The van der Waals surface area contributed by atoms with E-state index in [1.165, 1.54) is 12.1 Å². The van der Waals surface area contributed by atoms with Crippen molar-refractivity contribution in [3.8, 4) is 17.2 Å². The molecule has 0 unspecified atom stereocenters. The molecule has 11 heteroatoms. The molecule has 3 aliphatic heterocycles. The van der Waals surface area contributed by atoms with Gasteiger partial charge in [0.2, 0.25) is 5.91 Å². The summed E-state index contributed by atoms with van der Waals surface area (Å²) in [5, 5.41) is 12.7. The first-order valence-electron chi connectivity index (χ1n) is 14.5. The minimum Gasteiger partial charge on any atom is -0.489 e. The molecule has 0 radical (unpaired) electrons. The molecule has 1 saturated heterocycles. The topological polar surface area (TPSA) is 101 Å². The van der Waals surface area contributed by atoms with E-state index in [2.05, 4.69) is 10.3 Å². The van der Waals surface area contributed by atoms with Gasteiger partial charge in [-0.05, 0) is 61.7 Å². The van der Waals surface area contributed by atoms with Crippen LogP contribution >= 0.6 is 0 Å². The number of rotatable bonds is 7. The number of β-amino-alcohol motifs (C(OH)–C–C–N with tert-alkyl or cyclic N) is 1. The lowest BCUT2D eigenvalue weighted by molar-refractivity contribution is -0.138. The minimum atomic E-state index is -4.60. The van der Waals surface area contributed by atoms with E-state index in [4.69, 9.17) is 9.47 Å². The number of benzene rings is 2. The molecule has 1 saturated carbocycles. The highest BCUT2D eigenvalue weighted by Crippen LogP contribution is 2.60. The highest BCUT2D eigenvalue weighted by molar-refractivity contribution is 5.97. The summed E-state index contributed by atoms with van der Waals surface area (Å²) in [7, 11) is 0. The van der Waals surface area contributed by atoms with Gasteiger partial charge >= 0.3 is 6.18 Å². The Balaban J connectivity index is 1.05. The number of aliphatic hydroxyl groups is 1. The number of hydrogen-bond donors (Lipinski definition) is 2. The average molecular weight is 594 g/mol. The lowest BCUT2D eigenvalue weighted by Gasteiger charge is -2.30. The fraction of sp³-hybridized carbons (Fsp3) is 0.406. The third kappa shape index (κ3) is 5.47. The molecule has 0 bridgehead atoms. The fourth-order valence-electron chi connectivity index (χ4n) is 6.64. The third-order valence-electron chi connectivity index (χ3n) is 8.83. The fourth-order valence-corrected chi connectivity index (χ4v) is 6.64. The van der Waals surface area contributed by atoms with Crippen molar-refractivity contribution < 1.29 is 37.3 Å². The Bertz CT molecular complexity index is 1610. The summed E-state index contributed by atoms with van der Waals surface area (Å²) >= 11 is 0. The van der Waals surface area contributed by atoms with Gasteiger partial charge in [-0.2, -0.15) is 13.2 Å². The van der Waals surface area contributed by atoms with E-state index in [1.807, 2.05) is 17.0 Å². The van der Waals surface area contributed by atoms with Gasteiger partial charge in [0.15, 0.2) is 5.78 Å². The van der Waals surface area contributed by atoms with Crippen LogP contribution in [0.5, 0.6) is 17.2 Å². The second-order valence-electron chi connectivity index (χ2n) is 11.8. The molecule has 4 atom stereocenters. The number of piperidine rings is 1. The molecule has 1 aliphatic carbocycles. The van der Waals surface area contributed by atoms with E-state index < -0.39 is 17.8 Å². The Kier molecular flexibility index (Phi) is 6.89. The molecule has 4 aliphatic rings. The molecule has 2 fully saturated rings. The van der Waals surface area contributed by atoms with Gasteiger partial charge < -0.3 is 19.9 Å². The molecular weight excluding hydrogens is 563 g/mol. The van der Waals surface area contributed by atoms with Crippen LogP contribution in [0.1, 0.15) is 64.2 Å². The Labute approximate surface area is 245 Å². The van der Waals surface area contributed by atoms with Crippen molar-refractivity contribution in [1.29, 1.82) is 0 Å². The Morgan fingerprint density at radius 1 is 1.16 bits per heavy atom. The molecule has 0 spiro atoms. The highest BCUT2D eigenvalue weighted by Gasteiger charge is 2.59. The first kappa shape index (κ1) is 27.8. The van der Waals surface area contributed by atoms with Crippen LogP contribution in [0.15, 0.2) is 48.7 Å².